The molecular weight excluding hydrogens is 260 g/mol. The molecule has 3 nitrogen and oxygen atoms in total. The summed E-state index contributed by atoms with van der Waals surface area (Å²) >= 11 is 0. The molecule has 0 aromatic rings. The third-order valence-corrected chi connectivity index (χ3v) is 6.71. The zero-order valence-electron chi connectivity index (χ0n) is 13.4. The van der Waals surface area contributed by atoms with Crippen molar-refractivity contribution in [2.45, 2.75) is 70.4 Å². The molecule has 0 radical (unpaired) electrons. The number of carbonyl (C=O) groups is 1. The second kappa shape index (κ2) is 5.57. The average molecular weight is 290 g/mol. The van der Waals surface area contributed by atoms with Gasteiger partial charge in [0.15, 0.2) is 0 Å². The molecule has 4 bridgehead atoms. The number of nitrogens with one attached hydrogen (secondary N) is 1. The van der Waals surface area contributed by atoms with Crippen LogP contribution >= 0.6 is 0 Å². The molecule has 1 unspecified atom stereocenters. The summed E-state index contributed by atoms with van der Waals surface area (Å²) in [6, 6.07) is 0.646. The van der Waals surface area contributed by atoms with E-state index in [0.29, 0.717) is 11.9 Å². The lowest BCUT2D eigenvalue weighted by molar-refractivity contribution is -0.135. The lowest BCUT2D eigenvalue weighted by atomic mass is 9.54. The summed E-state index contributed by atoms with van der Waals surface area (Å²) in [4.78, 5) is 14.7. The molecule has 21 heavy (non-hydrogen) atoms. The van der Waals surface area contributed by atoms with E-state index >= 15 is 0 Å². The second-order valence-electron chi connectivity index (χ2n) is 8.23. The zero-order valence-corrected chi connectivity index (χ0v) is 13.4. The first-order valence-corrected chi connectivity index (χ1v) is 9.25. The number of hydrogen-bond acceptors (Lipinski definition) is 2. The van der Waals surface area contributed by atoms with Gasteiger partial charge in [0, 0.05) is 19.1 Å². The molecular formula is C18H30N2O. The van der Waals surface area contributed by atoms with Crippen molar-refractivity contribution in [2.24, 2.45) is 23.7 Å². The molecule has 0 aromatic heterocycles. The summed E-state index contributed by atoms with van der Waals surface area (Å²) in [5.41, 5.74) is 0. The Hall–Kier alpha value is -0.570. The van der Waals surface area contributed by atoms with Gasteiger partial charge in [0.1, 0.15) is 0 Å². The minimum absolute atomic E-state index is 0.0191. The summed E-state index contributed by atoms with van der Waals surface area (Å²) < 4.78 is 0. The monoisotopic (exact) mass is 290 g/mol. The van der Waals surface area contributed by atoms with Gasteiger partial charge >= 0.3 is 0 Å². The zero-order chi connectivity index (χ0) is 14.4. The maximum atomic E-state index is 12.6. The number of rotatable bonds is 3. The number of piperidine rings is 1. The van der Waals surface area contributed by atoms with Crippen molar-refractivity contribution in [3.63, 3.8) is 0 Å². The summed E-state index contributed by atoms with van der Waals surface area (Å²) in [5, 5.41) is 3.77. The first kappa shape index (κ1) is 14.0. The molecule has 5 rings (SSSR count). The van der Waals surface area contributed by atoms with Gasteiger partial charge in [-0.2, -0.15) is 0 Å². The summed E-state index contributed by atoms with van der Waals surface area (Å²) in [7, 11) is 0. The molecule has 4 saturated carbocycles. The SMILES string of the molecule is CC(NC1C2CC3CC(C2)CC1C3)C(=O)N1CCCCC1. The Balaban J connectivity index is 1.38. The smallest absolute Gasteiger partial charge is 0.239 e. The van der Waals surface area contributed by atoms with Crippen LogP contribution in [0.4, 0.5) is 0 Å². The second-order valence-corrected chi connectivity index (χ2v) is 8.23. The highest BCUT2D eigenvalue weighted by atomic mass is 16.2. The van der Waals surface area contributed by atoms with Crippen molar-refractivity contribution in [1.82, 2.24) is 10.2 Å². The van der Waals surface area contributed by atoms with Crippen LogP contribution in [0.5, 0.6) is 0 Å². The quantitative estimate of drug-likeness (QED) is 0.867. The largest absolute Gasteiger partial charge is 0.341 e. The molecule has 3 heteroatoms. The van der Waals surface area contributed by atoms with Gasteiger partial charge in [0.2, 0.25) is 5.91 Å². The fraction of sp³-hybridized carbons (Fsp3) is 0.944. The van der Waals surface area contributed by atoms with Gasteiger partial charge < -0.3 is 10.2 Å². The van der Waals surface area contributed by atoms with Crippen LogP contribution < -0.4 is 5.32 Å². The van der Waals surface area contributed by atoms with Crippen LogP contribution in [0.1, 0.15) is 58.3 Å². The maximum Gasteiger partial charge on any atom is 0.239 e. The van der Waals surface area contributed by atoms with Crippen molar-refractivity contribution in [2.75, 3.05) is 13.1 Å². The lowest BCUT2D eigenvalue weighted by Gasteiger charge is -2.55. The van der Waals surface area contributed by atoms with E-state index in [2.05, 4.69) is 17.1 Å². The number of carbonyl (C=O) groups excluding carboxylic acids is 1. The van der Waals surface area contributed by atoms with Crippen molar-refractivity contribution in [1.29, 1.82) is 0 Å². The molecule has 0 aromatic carbocycles. The molecule has 1 atom stereocenters. The minimum Gasteiger partial charge on any atom is -0.341 e. The van der Waals surface area contributed by atoms with Gasteiger partial charge in [0.25, 0.3) is 0 Å². The molecule has 4 aliphatic carbocycles. The van der Waals surface area contributed by atoms with Gasteiger partial charge in [-0.3, -0.25) is 4.79 Å². The fourth-order valence-electron chi connectivity index (χ4n) is 5.95. The predicted octanol–water partition coefficient (Wildman–Crippen LogP) is 2.80. The molecule has 1 aliphatic heterocycles. The van der Waals surface area contributed by atoms with Gasteiger partial charge in [-0.05, 0) is 82.0 Å². The Bertz CT molecular complexity index is 374. The minimum atomic E-state index is 0.0191. The van der Waals surface area contributed by atoms with Crippen LogP contribution in [0.25, 0.3) is 0 Å². The highest BCUT2D eigenvalue weighted by Gasteiger charge is 2.48. The lowest BCUT2D eigenvalue weighted by Crippen LogP contribution is -2.59. The number of hydrogen-bond donors (Lipinski definition) is 1. The van der Waals surface area contributed by atoms with Crippen LogP contribution in [0.3, 0.4) is 0 Å². The van der Waals surface area contributed by atoms with E-state index in [-0.39, 0.29) is 6.04 Å². The molecule has 0 spiro atoms. The van der Waals surface area contributed by atoms with Crippen molar-refractivity contribution < 1.29 is 4.79 Å². The van der Waals surface area contributed by atoms with E-state index in [4.69, 9.17) is 0 Å². The summed E-state index contributed by atoms with van der Waals surface area (Å²) in [5.74, 6) is 4.09. The van der Waals surface area contributed by atoms with E-state index in [1.165, 1.54) is 51.4 Å². The number of nitrogens with zero attached hydrogens (tertiary/aromatic N) is 1. The highest BCUT2D eigenvalue weighted by molar-refractivity contribution is 5.81. The topological polar surface area (TPSA) is 32.3 Å². The van der Waals surface area contributed by atoms with Crippen molar-refractivity contribution in [3.05, 3.63) is 0 Å². The standard InChI is InChI=1S/C18H30N2O/c1-12(18(21)20-5-3-2-4-6-20)19-17-15-8-13-7-14(10-15)11-16(17)9-13/h12-17,19H,2-11H2,1H3. The first-order chi connectivity index (χ1) is 10.2. The third-order valence-electron chi connectivity index (χ3n) is 6.71. The molecule has 1 N–H and O–H groups in total. The molecule has 5 fully saturated rings. The van der Waals surface area contributed by atoms with Crippen LogP contribution in [0.2, 0.25) is 0 Å². The van der Waals surface area contributed by atoms with Gasteiger partial charge in [-0.25, -0.2) is 0 Å². The van der Waals surface area contributed by atoms with Crippen molar-refractivity contribution >= 4 is 5.91 Å². The van der Waals surface area contributed by atoms with Crippen molar-refractivity contribution in [3.8, 4) is 0 Å². The summed E-state index contributed by atoms with van der Waals surface area (Å²) in [6.45, 7) is 4.06. The highest BCUT2D eigenvalue weighted by Crippen LogP contribution is 2.53. The Morgan fingerprint density at radius 1 is 0.952 bits per heavy atom. The number of amides is 1. The van der Waals surface area contributed by atoms with Gasteiger partial charge in [-0.1, -0.05) is 0 Å². The molecule has 1 amide bonds. The summed E-state index contributed by atoms with van der Waals surface area (Å²) in [6.07, 6.45) is 10.9. The molecule has 1 heterocycles. The Kier molecular flexibility index (Phi) is 3.72. The molecule has 118 valence electrons. The van der Waals surface area contributed by atoms with Crippen LogP contribution in [0.15, 0.2) is 0 Å². The van der Waals surface area contributed by atoms with Crippen LogP contribution in [-0.2, 0) is 4.79 Å². The average Bonchev–Trinajstić information content (AvgIpc) is 2.50. The van der Waals surface area contributed by atoms with E-state index in [9.17, 15) is 4.79 Å². The fourth-order valence-corrected chi connectivity index (χ4v) is 5.95. The van der Waals surface area contributed by atoms with Gasteiger partial charge in [0.05, 0.1) is 6.04 Å². The van der Waals surface area contributed by atoms with E-state index in [0.717, 1.165) is 36.8 Å². The third kappa shape index (κ3) is 2.62. The van der Waals surface area contributed by atoms with E-state index in [1.54, 1.807) is 0 Å². The Labute approximate surface area is 128 Å². The van der Waals surface area contributed by atoms with Crippen LogP contribution in [0, 0.1) is 23.7 Å². The Morgan fingerprint density at radius 2 is 1.52 bits per heavy atom. The molecule has 1 saturated heterocycles. The van der Waals surface area contributed by atoms with Gasteiger partial charge in [-0.15, -0.1) is 0 Å². The molecule has 5 aliphatic rings. The number of likely N-dealkylation sites (tertiary alicyclic amines) is 1. The van der Waals surface area contributed by atoms with E-state index in [1.807, 2.05) is 0 Å². The van der Waals surface area contributed by atoms with E-state index < -0.39 is 0 Å². The Morgan fingerprint density at radius 3 is 2.10 bits per heavy atom. The predicted molar refractivity (Wildman–Crippen MR) is 83.9 cm³/mol. The van der Waals surface area contributed by atoms with Crippen LogP contribution in [-0.4, -0.2) is 36.0 Å². The maximum absolute atomic E-state index is 12.6. The first-order valence-electron chi connectivity index (χ1n) is 9.25. The normalized spacial score (nSPS) is 43.1.